The summed E-state index contributed by atoms with van der Waals surface area (Å²) in [7, 11) is 0. The molecule has 2 aromatic heterocycles. The van der Waals surface area contributed by atoms with Crippen molar-refractivity contribution >= 4 is 0 Å². The lowest BCUT2D eigenvalue weighted by molar-refractivity contribution is -0.137. The van der Waals surface area contributed by atoms with Gasteiger partial charge in [0.1, 0.15) is 11.5 Å². The third-order valence-electron chi connectivity index (χ3n) is 4.44. The summed E-state index contributed by atoms with van der Waals surface area (Å²) >= 11 is 0. The number of rotatable bonds is 4. The molecule has 4 aromatic rings. The zero-order valence-electron chi connectivity index (χ0n) is 16.5. The van der Waals surface area contributed by atoms with Crippen molar-refractivity contribution in [2.75, 3.05) is 0 Å². The zero-order valence-corrected chi connectivity index (χ0v) is 16.5. The van der Waals surface area contributed by atoms with E-state index in [9.17, 15) is 23.5 Å². The average molecular weight is 437 g/mol. The molecule has 32 heavy (non-hydrogen) atoms. The molecule has 0 spiro atoms. The van der Waals surface area contributed by atoms with E-state index in [1.165, 1.54) is 60.4 Å². The summed E-state index contributed by atoms with van der Waals surface area (Å²) in [6.07, 6.45) is -2.00. The van der Waals surface area contributed by atoms with Gasteiger partial charge in [0.25, 0.3) is 0 Å². The van der Waals surface area contributed by atoms with Gasteiger partial charge in [0.2, 0.25) is 5.88 Å². The number of aromatic hydroxyl groups is 1. The van der Waals surface area contributed by atoms with Crippen molar-refractivity contribution in [2.45, 2.75) is 13.1 Å². The summed E-state index contributed by atoms with van der Waals surface area (Å²) in [6, 6.07) is 12.9. The average Bonchev–Trinajstić information content (AvgIpc) is 3.18. The summed E-state index contributed by atoms with van der Waals surface area (Å²) in [6.45, 7) is 1.53. The van der Waals surface area contributed by atoms with E-state index in [4.69, 9.17) is 4.74 Å². The quantitative estimate of drug-likeness (QED) is 0.481. The molecule has 2 aromatic carbocycles. The normalized spacial score (nSPS) is 11.2. The molecule has 7 nitrogen and oxygen atoms in total. The van der Waals surface area contributed by atoms with Crippen LogP contribution in [-0.4, -0.2) is 24.9 Å². The first kappa shape index (κ1) is 20.9. The smallest absolute Gasteiger partial charge is 0.417 e. The van der Waals surface area contributed by atoms with Gasteiger partial charge in [-0.3, -0.25) is 0 Å². The van der Waals surface area contributed by atoms with Crippen LogP contribution in [0.15, 0.2) is 60.9 Å². The second-order valence-electron chi connectivity index (χ2n) is 6.72. The van der Waals surface area contributed by atoms with Crippen LogP contribution in [0.2, 0.25) is 0 Å². The molecule has 2 heterocycles. The monoisotopic (exact) mass is 437 g/mol. The van der Waals surface area contributed by atoms with E-state index in [0.717, 1.165) is 6.07 Å². The van der Waals surface area contributed by atoms with Crippen LogP contribution in [0.4, 0.5) is 13.2 Å². The van der Waals surface area contributed by atoms with Gasteiger partial charge in [-0.2, -0.15) is 28.5 Å². The van der Waals surface area contributed by atoms with Crippen LogP contribution < -0.4 is 4.74 Å². The van der Waals surface area contributed by atoms with Gasteiger partial charge in [0.05, 0.1) is 35.3 Å². The summed E-state index contributed by atoms with van der Waals surface area (Å²) in [5, 5.41) is 22.8. The van der Waals surface area contributed by atoms with E-state index in [0.29, 0.717) is 5.69 Å². The van der Waals surface area contributed by atoms with Crippen molar-refractivity contribution in [1.82, 2.24) is 19.7 Å². The van der Waals surface area contributed by atoms with Crippen molar-refractivity contribution in [3.05, 3.63) is 77.9 Å². The fraction of sp³-hybridized carbons (Fsp3) is 0.0909. The van der Waals surface area contributed by atoms with Crippen molar-refractivity contribution in [2.24, 2.45) is 0 Å². The summed E-state index contributed by atoms with van der Waals surface area (Å²) in [5.74, 6) is 0.269. The number of alkyl halides is 3. The Hall–Kier alpha value is -4.39. The van der Waals surface area contributed by atoms with Gasteiger partial charge in [0.15, 0.2) is 11.5 Å². The number of hydrogen-bond acceptors (Lipinski definition) is 6. The van der Waals surface area contributed by atoms with Gasteiger partial charge < -0.3 is 9.84 Å². The molecule has 0 radical (unpaired) electrons. The maximum atomic E-state index is 13.5. The fourth-order valence-corrected chi connectivity index (χ4v) is 3.10. The molecule has 0 amide bonds. The molecule has 0 saturated heterocycles. The Bertz CT molecular complexity index is 1340. The Morgan fingerprint density at radius 3 is 2.56 bits per heavy atom. The van der Waals surface area contributed by atoms with E-state index < -0.39 is 11.7 Å². The Kier molecular flexibility index (Phi) is 5.24. The molecule has 4 rings (SSSR count). The van der Waals surface area contributed by atoms with Gasteiger partial charge in [-0.1, -0.05) is 18.2 Å². The molecule has 0 aliphatic heterocycles. The Morgan fingerprint density at radius 1 is 1.09 bits per heavy atom. The number of hydrogen-bond donors (Lipinski definition) is 1. The fourth-order valence-electron chi connectivity index (χ4n) is 3.10. The lowest BCUT2D eigenvalue weighted by Gasteiger charge is -2.14. The largest absolute Gasteiger partial charge is 0.505 e. The van der Waals surface area contributed by atoms with E-state index >= 15 is 0 Å². The standard InChI is InChI=1S/C22H14F3N5O2/c1-13-28-18(16-4-2-3-5-17(16)22(23,24)25)9-21(29-13)32-20-8-14(10-26)6-7-19(20)30-12-15(31)11-27-30/h2-9,11-12,31H,1H3. The van der Waals surface area contributed by atoms with E-state index in [1.807, 2.05) is 6.07 Å². The molecule has 1 N–H and O–H groups in total. The second-order valence-corrected chi connectivity index (χ2v) is 6.72. The number of benzene rings is 2. The van der Waals surface area contributed by atoms with Gasteiger partial charge in [-0.05, 0) is 25.1 Å². The highest BCUT2D eigenvalue weighted by atomic mass is 19.4. The van der Waals surface area contributed by atoms with Crippen molar-refractivity contribution in [1.29, 1.82) is 5.26 Å². The van der Waals surface area contributed by atoms with Crippen molar-refractivity contribution in [3.63, 3.8) is 0 Å². The first-order valence-electron chi connectivity index (χ1n) is 9.23. The minimum atomic E-state index is -4.56. The topological polar surface area (TPSA) is 96.8 Å². The number of nitriles is 1. The number of nitrogens with zero attached hydrogens (tertiary/aromatic N) is 5. The molecule has 0 aliphatic rings. The van der Waals surface area contributed by atoms with Gasteiger partial charge in [-0.25, -0.2) is 9.67 Å². The Balaban J connectivity index is 1.80. The van der Waals surface area contributed by atoms with Crippen LogP contribution in [0.3, 0.4) is 0 Å². The van der Waals surface area contributed by atoms with Gasteiger partial charge in [-0.15, -0.1) is 0 Å². The molecule has 160 valence electrons. The molecule has 0 fully saturated rings. The van der Waals surface area contributed by atoms with Crippen LogP contribution in [0.5, 0.6) is 17.4 Å². The maximum Gasteiger partial charge on any atom is 0.417 e. The molecule has 0 unspecified atom stereocenters. The van der Waals surface area contributed by atoms with Crippen LogP contribution in [-0.2, 0) is 6.18 Å². The lowest BCUT2D eigenvalue weighted by atomic mass is 10.0. The predicted molar refractivity (Wildman–Crippen MR) is 107 cm³/mol. The van der Waals surface area contributed by atoms with Crippen LogP contribution in [0.25, 0.3) is 16.9 Å². The summed E-state index contributed by atoms with van der Waals surface area (Å²) in [5.41, 5.74) is -0.233. The molecule has 0 atom stereocenters. The molecule has 0 saturated carbocycles. The number of aromatic nitrogens is 4. The van der Waals surface area contributed by atoms with Crippen LogP contribution in [0.1, 0.15) is 17.0 Å². The third-order valence-corrected chi connectivity index (χ3v) is 4.44. The molecule has 0 bridgehead atoms. The summed E-state index contributed by atoms with van der Waals surface area (Å²) in [4.78, 5) is 8.31. The van der Waals surface area contributed by atoms with Crippen molar-refractivity contribution < 1.29 is 23.0 Å². The van der Waals surface area contributed by atoms with Crippen LogP contribution in [0, 0.1) is 18.3 Å². The number of ether oxygens (including phenoxy) is 1. The number of halogens is 3. The number of aryl methyl sites for hydroxylation is 1. The third kappa shape index (κ3) is 4.22. The highest BCUT2D eigenvalue weighted by Gasteiger charge is 2.33. The Morgan fingerprint density at radius 2 is 1.88 bits per heavy atom. The molecular weight excluding hydrogens is 423 g/mol. The summed E-state index contributed by atoms with van der Waals surface area (Å²) < 4.78 is 47.6. The van der Waals surface area contributed by atoms with Crippen molar-refractivity contribution in [3.8, 4) is 40.4 Å². The second kappa shape index (κ2) is 8.03. The first-order chi connectivity index (χ1) is 15.2. The predicted octanol–water partition coefficient (Wildman–Crippen LogP) is 5.03. The highest BCUT2D eigenvalue weighted by Crippen LogP contribution is 2.37. The minimum Gasteiger partial charge on any atom is -0.505 e. The van der Waals surface area contributed by atoms with Gasteiger partial charge in [0, 0.05) is 17.7 Å². The molecule has 0 aliphatic carbocycles. The first-order valence-corrected chi connectivity index (χ1v) is 9.23. The van der Waals surface area contributed by atoms with Crippen LogP contribution >= 0.6 is 0 Å². The molecule has 10 heteroatoms. The van der Waals surface area contributed by atoms with Gasteiger partial charge >= 0.3 is 6.18 Å². The zero-order chi connectivity index (χ0) is 22.9. The van der Waals surface area contributed by atoms with E-state index in [2.05, 4.69) is 15.1 Å². The van der Waals surface area contributed by atoms with E-state index in [1.54, 1.807) is 6.07 Å². The lowest BCUT2D eigenvalue weighted by Crippen LogP contribution is -2.08. The minimum absolute atomic E-state index is 0.0165. The maximum absolute atomic E-state index is 13.5. The Labute approximate surface area is 180 Å². The SMILES string of the molecule is Cc1nc(Oc2cc(C#N)ccc2-n2cc(O)cn2)cc(-c2ccccc2C(F)(F)F)n1. The van der Waals surface area contributed by atoms with E-state index in [-0.39, 0.29) is 40.0 Å². The molecular formula is C22H14F3N5O2. The highest BCUT2D eigenvalue weighted by molar-refractivity contribution is 5.65.